The third-order valence-corrected chi connectivity index (χ3v) is 10.9. The second-order valence-corrected chi connectivity index (χ2v) is 15.0. The number of fused-ring (bicyclic) bond motifs is 3. The molecule has 5 heterocycles. The number of rotatable bonds is 14. The van der Waals surface area contributed by atoms with E-state index in [1.54, 1.807) is 19.2 Å². The molecule has 8 atom stereocenters. The predicted molar refractivity (Wildman–Crippen MR) is 193 cm³/mol. The molecule has 288 valence electrons. The molecule has 4 aliphatic rings. The van der Waals surface area contributed by atoms with Crippen molar-refractivity contribution in [3.05, 3.63) is 87.6 Å². The number of ether oxygens (including phenoxy) is 1. The molecule has 0 radical (unpaired) electrons. The van der Waals surface area contributed by atoms with E-state index in [9.17, 15) is 40.2 Å². The topological polar surface area (TPSA) is 225 Å². The van der Waals surface area contributed by atoms with Crippen LogP contribution in [-0.4, -0.2) is 104 Å². The molecule has 0 bridgehead atoms. The Morgan fingerprint density at radius 3 is 2.63 bits per heavy atom. The van der Waals surface area contributed by atoms with Crippen molar-refractivity contribution in [3.63, 3.8) is 0 Å². The Bertz CT molecular complexity index is 2060. The zero-order chi connectivity index (χ0) is 38.4. The molecule has 15 heteroatoms. The monoisotopic (exact) mass is 748 g/mol. The van der Waals surface area contributed by atoms with Gasteiger partial charge in [0.2, 0.25) is 17.2 Å². The number of hydrogen-bond donors (Lipinski definition) is 8. The van der Waals surface area contributed by atoms with Crippen LogP contribution in [0.5, 0.6) is 11.5 Å². The smallest absolute Gasteiger partial charge is 0.222 e. The molecule has 8 N–H and O–H groups in total. The average Bonchev–Trinajstić information content (AvgIpc) is 3.87. The quantitative estimate of drug-likeness (QED) is 0.0816. The second kappa shape index (κ2) is 15.0. The standard InChI is InChI=1S/C39H45N3O12/c1-21-11-29(45)27-13-25-14-31(54-51-20-39(50,37(49)34(48)30(46)19-43)15-22-3-5-26(44)6-4-22)38(2,9-7-23-12-32(47)41-16-23)53-35(25)33(36(27)52-21)42-17-24-8-10-40-28(24)18-42/h3-6,8,10-11,13,17,23,30-31,34,37,43-44,46,48-50H,7,9,12,14-16,18-20H2,1-2H3,(H,41,47)/p+1/t23-,30-,31-,34-,37+,38-,39+/m1/s1. The molecular formula is C39H46N3O12+. The zero-order valence-corrected chi connectivity index (χ0v) is 30.0. The second-order valence-electron chi connectivity index (χ2n) is 15.0. The van der Waals surface area contributed by atoms with Crippen LogP contribution >= 0.6 is 0 Å². The first-order valence-corrected chi connectivity index (χ1v) is 18.1. The first-order valence-electron chi connectivity index (χ1n) is 18.1. The Hall–Kier alpha value is -4.45. The van der Waals surface area contributed by atoms with Gasteiger partial charge in [-0.1, -0.05) is 12.1 Å². The summed E-state index contributed by atoms with van der Waals surface area (Å²) in [6, 6.07) is 8.98. The minimum Gasteiger partial charge on any atom is -0.508 e. The number of aliphatic hydroxyl groups is 5. The molecule has 3 aromatic rings. The van der Waals surface area contributed by atoms with E-state index in [-0.39, 0.29) is 35.8 Å². The van der Waals surface area contributed by atoms with Gasteiger partial charge in [0, 0.05) is 43.6 Å². The summed E-state index contributed by atoms with van der Waals surface area (Å²) >= 11 is 0. The van der Waals surface area contributed by atoms with Gasteiger partial charge in [0.1, 0.15) is 72.2 Å². The van der Waals surface area contributed by atoms with E-state index in [1.165, 1.54) is 30.3 Å². The van der Waals surface area contributed by atoms with Crippen LogP contribution in [-0.2, 0) is 27.4 Å². The molecule has 7 rings (SSSR count). The van der Waals surface area contributed by atoms with Gasteiger partial charge in [-0.15, -0.1) is 0 Å². The first kappa shape index (κ1) is 37.8. The molecule has 1 fully saturated rings. The number of aliphatic imine (C=N–C) groups is 1. The van der Waals surface area contributed by atoms with Crippen LogP contribution in [0.3, 0.4) is 0 Å². The van der Waals surface area contributed by atoms with Crippen LogP contribution < -0.4 is 20.4 Å². The van der Waals surface area contributed by atoms with E-state index in [4.69, 9.17) is 18.9 Å². The highest BCUT2D eigenvalue weighted by molar-refractivity contribution is 6.07. The number of aryl methyl sites for hydroxylation is 1. The summed E-state index contributed by atoms with van der Waals surface area (Å²) in [6.45, 7) is 3.04. The van der Waals surface area contributed by atoms with Gasteiger partial charge in [-0.2, -0.15) is 0 Å². The summed E-state index contributed by atoms with van der Waals surface area (Å²) in [5.74, 6) is 0.982. The number of aromatic hydroxyl groups is 1. The molecule has 4 aliphatic heterocycles. The summed E-state index contributed by atoms with van der Waals surface area (Å²) < 4.78 is 13.2. The SMILES string of the molecule is Cc1cc(=O)c2cc3c(c([NH+]4C=C5C=CN=C5C4)c2o1)O[C@](C)(CC[C@H]1CNC(=O)C1)[C@H](OOC[C@@](O)(Cc1ccc(O)cc1)[C@@H](O)[C@H](O)[C@H](O)CO)C3. The van der Waals surface area contributed by atoms with Crippen LogP contribution in [0.15, 0.2) is 74.7 Å². The van der Waals surface area contributed by atoms with Crippen molar-refractivity contribution in [2.24, 2.45) is 10.9 Å². The van der Waals surface area contributed by atoms with Crippen molar-refractivity contribution >= 4 is 28.3 Å². The van der Waals surface area contributed by atoms with Crippen LogP contribution in [0.25, 0.3) is 11.0 Å². The molecule has 2 aromatic carbocycles. The first-order chi connectivity index (χ1) is 25.8. The molecule has 15 nitrogen and oxygen atoms in total. The van der Waals surface area contributed by atoms with Gasteiger partial charge in [-0.05, 0) is 62.4 Å². The lowest BCUT2D eigenvalue weighted by Crippen LogP contribution is -3.01. The lowest BCUT2D eigenvalue weighted by Gasteiger charge is -2.43. The fourth-order valence-corrected chi connectivity index (χ4v) is 7.73. The molecule has 1 amide bonds. The molecule has 1 aromatic heterocycles. The maximum absolute atomic E-state index is 13.4. The molecule has 54 heavy (non-hydrogen) atoms. The van der Waals surface area contributed by atoms with Crippen molar-refractivity contribution in [1.82, 2.24) is 5.32 Å². The normalized spacial score (nSPS) is 26.0. The largest absolute Gasteiger partial charge is 0.508 e. The van der Waals surface area contributed by atoms with Crippen molar-refractivity contribution < 1.29 is 59.3 Å². The van der Waals surface area contributed by atoms with Gasteiger partial charge >= 0.3 is 0 Å². The lowest BCUT2D eigenvalue weighted by molar-refractivity contribution is -0.759. The molecule has 0 spiro atoms. The Morgan fingerprint density at radius 2 is 1.93 bits per heavy atom. The number of carbonyl (C=O) groups excluding carboxylic acids is 1. The van der Waals surface area contributed by atoms with E-state index < -0.39 is 48.8 Å². The third-order valence-electron chi connectivity index (χ3n) is 10.9. The highest BCUT2D eigenvalue weighted by atomic mass is 17.2. The third kappa shape index (κ3) is 7.46. The summed E-state index contributed by atoms with van der Waals surface area (Å²) in [4.78, 5) is 42.7. The number of nitrogens with zero attached hydrogens (tertiary/aromatic N) is 1. The number of phenolic OH excluding ortho intramolecular Hbond substituents is 1. The number of hydrogen-bond acceptors (Lipinski definition) is 13. The minimum atomic E-state index is -2.26. The van der Waals surface area contributed by atoms with E-state index in [2.05, 4.69) is 10.3 Å². The zero-order valence-electron chi connectivity index (χ0n) is 30.0. The van der Waals surface area contributed by atoms with Crippen LogP contribution in [0.4, 0.5) is 5.69 Å². The van der Waals surface area contributed by atoms with Crippen LogP contribution in [0, 0.1) is 12.8 Å². The number of amides is 1. The van der Waals surface area contributed by atoms with Crippen LogP contribution in [0.2, 0.25) is 0 Å². The van der Waals surface area contributed by atoms with Gasteiger partial charge in [-0.3, -0.25) is 19.5 Å². The predicted octanol–water partition coefficient (Wildman–Crippen LogP) is 0.165. The van der Waals surface area contributed by atoms with Crippen LogP contribution in [0.1, 0.15) is 43.1 Å². The van der Waals surface area contributed by atoms with E-state index in [1.807, 2.05) is 19.2 Å². The summed E-state index contributed by atoms with van der Waals surface area (Å²) in [7, 11) is 0. The molecular weight excluding hydrogens is 702 g/mol. The minimum absolute atomic E-state index is 0.0203. The maximum atomic E-state index is 13.4. The van der Waals surface area contributed by atoms with Gasteiger partial charge in [-0.25, -0.2) is 9.78 Å². The van der Waals surface area contributed by atoms with Gasteiger partial charge in [0.05, 0.1) is 17.6 Å². The number of allylic oxidation sites excluding steroid dienone is 1. The summed E-state index contributed by atoms with van der Waals surface area (Å²) in [5, 5.41) is 66.1. The number of nitrogens with one attached hydrogen (secondary N) is 2. The van der Waals surface area contributed by atoms with Gasteiger partial charge in [0.25, 0.3) is 0 Å². The fourth-order valence-electron chi connectivity index (χ4n) is 7.73. The van der Waals surface area contributed by atoms with Crippen molar-refractivity contribution in [1.29, 1.82) is 0 Å². The fraction of sp³-hybridized carbons (Fsp3) is 0.462. The number of aliphatic hydroxyl groups excluding tert-OH is 4. The lowest BCUT2D eigenvalue weighted by atomic mass is 9.83. The Morgan fingerprint density at radius 1 is 1.15 bits per heavy atom. The summed E-state index contributed by atoms with van der Waals surface area (Å²) in [6.07, 6.45) is 0.406. The molecule has 0 saturated carbocycles. The van der Waals surface area contributed by atoms with Crippen molar-refractivity contribution in [2.75, 3.05) is 26.3 Å². The van der Waals surface area contributed by atoms with Gasteiger partial charge in [0.15, 0.2) is 11.2 Å². The van der Waals surface area contributed by atoms with Crippen molar-refractivity contribution in [3.8, 4) is 11.5 Å². The Balaban J connectivity index is 1.23. The van der Waals surface area contributed by atoms with Gasteiger partial charge < -0.3 is 45.1 Å². The molecule has 1 saturated heterocycles. The van der Waals surface area contributed by atoms with Crippen molar-refractivity contribution in [2.45, 2.75) is 81.6 Å². The Kier molecular flexibility index (Phi) is 10.5. The summed E-state index contributed by atoms with van der Waals surface area (Å²) in [5.41, 5.74) is 0.452. The average molecular weight is 749 g/mol. The van der Waals surface area contributed by atoms with E-state index >= 15 is 0 Å². The maximum Gasteiger partial charge on any atom is 0.222 e. The Labute approximate surface area is 310 Å². The van der Waals surface area contributed by atoms with E-state index in [0.29, 0.717) is 71.6 Å². The number of benzene rings is 2. The molecule has 0 aliphatic carbocycles. The highest BCUT2D eigenvalue weighted by Crippen LogP contribution is 2.45. The number of quaternary nitrogens is 1. The number of carbonyl (C=O) groups is 1. The number of phenols is 1. The van der Waals surface area contributed by atoms with E-state index in [0.717, 1.165) is 16.2 Å². The molecule has 1 unspecified atom stereocenters. The highest BCUT2D eigenvalue weighted by Gasteiger charge is 2.48.